The summed E-state index contributed by atoms with van der Waals surface area (Å²) in [6, 6.07) is 30.1. The number of H-pyrrole nitrogens is 1. The minimum Gasteiger partial charge on any atom is -0.341 e. The third-order valence-corrected chi connectivity index (χ3v) is 5.03. The zero-order valence-corrected chi connectivity index (χ0v) is 16.3. The number of nitrogens with one attached hydrogen (secondary N) is 1. The highest BCUT2D eigenvalue weighted by atomic mass is 16.1. The van der Waals surface area contributed by atoms with E-state index in [1.54, 1.807) is 0 Å². The number of carbonyl (C=O) groups excluding carboxylic acids is 1. The van der Waals surface area contributed by atoms with E-state index in [-0.39, 0.29) is 5.78 Å². The Morgan fingerprint density at radius 3 is 1.97 bits per heavy atom. The lowest BCUT2D eigenvalue weighted by atomic mass is 10.0. The molecule has 1 heterocycles. The highest BCUT2D eigenvalue weighted by Gasteiger charge is 2.14. The summed E-state index contributed by atoms with van der Waals surface area (Å²) in [6.07, 6.45) is 3.18. The second kappa shape index (κ2) is 9.16. The fraction of sp³-hybridized carbons (Fsp3) is 0.154. The zero-order chi connectivity index (χ0) is 19.9. The lowest BCUT2D eigenvalue weighted by Crippen LogP contribution is -1.99. The van der Waals surface area contributed by atoms with Crippen molar-refractivity contribution >= 4 is 5.78 Å². The van der Waals surface area contributed by atoms with Crippen LogP contribution in [0.5, 0.6) is 0 Å². The lowest BCUT2D eigenvalue weighted by molar-refractivity contribution is 0.0979. The summed E-state index contributed by atoms with van der Waals surface area (Å²) in [6.45, 7) is 0. The number of rotatable bonds is 8. The Hall–Kier alpha value is -3.46. The van der Waals surface area contributed by atoms with Crippen molar-refractivity contribution in [3.05, 3.63) is 102 Å². The molecule has 0 saturated heterocycles. The average molecular weight is 380 g/mol. The molecule has 3 nitrogen and oxygen atoms in total. The Morgan fingerprint density at radius 2 is 1.31 bits per heavy atom. The maximum absolute atomic E-state index is 12.3. The minimum atomic E-state index is 0.208. The van der Waals surface area contributed by atoms with E-state index in [0.29, 0.717) is 6.42 Å². The van der Waals surface area contributed by atoms with Crippen LogP contribution in [0.15, 0.2) is 91.0 Å². The van der Waals surface area contributed by atoms with Crippen molar-refractivity contribution in [2.45, 2.75) is 25.7 Å². The van der Waals surface area contributed by atoms with E-state index in [0.717, 1.165) is 53.2 Å². The first-order valence-corrected chi connectivity index (χ1v) is 10.1. The van der Waals surface area contributed by atoms with Gasteiger partial charge < -0.3 is 4.98 Å². The van der Waals surface area contributed by atoms with Gasteiger partial charge in [-0.15, -0.1) is 0 Å². The van der Waals surface area contributed by atoms with Gasteiger partial charge in [0, 0.05) is 29.5 Å². The topological polar surface area (TPSA) is 45.8 Å². The molecule has 0 amide bonds. The van der Waals surface area contributed by atoms with Crippen molar-refractivity contribution in [2.75, 3.05) is 0 Å². The Bertz CT molecular complexity index is 997. The summed E-state index contributed by atoms with van der Waals surface area (Å²) in [7, 11) is 0. The van der Waals surface area contributed by atoms with E-state index in [2.05, 4.69) is 29.2 Å². The van der Waals surface area contributed by atoms with E-state index in [1.807, 2.05) is 66.7 Å². The fourth-order valence-corrected chi connectivity index (χ4v) is 3.51. The summed E-state index contributed by atoms with van der Waals surface area (Å²) in [4.78, 5) is 20.7. The molecule has 144 valence electrons. The van der Waals surface area contributed by atoms with E-state index in [1.165, 1.54) is 0 Å². The predicted molar refractivity (Wildman–Crippen MR) is 118 cm³/mol. The molecule has 0 atom stereocenters. The molecule has 0 aliphatic heterocycles. The lowest BCUT2D eigenvalue weighted by Gasteiger charge is -2.02. The molecule has 0 saturated carbocycles. The maximum Gasteiger partial charge on any atom is 0.162 e. The Kier molecular flexibility index (Phi) is 5.96. The first-order valence-electron chi connectivity index (χ1n) is 10.1. The van der Waals surface area contributed by atoms with Crippen LogP contribution >= 0.6 is 0 Å². The summed E-state index contributed by atoms with van der Waals surface area (Å²) < 4.78 is 0. The molecule has 4 aromatic rings. The van der Waals surface area contributed by atoms with Crippen LogP contribution in [0, 0.1) is 0 Å². The predicted octanol–water partition coefficient (Wildman–Crippen LogP) is 6.34. The molecule has 0 fully saturated rings. The molecule has 1 N–H and O–H groups in total. The third kappa shape index (κ3) is 4.69. The van der Waals surface area contributed by atoms with E-state index in [9.17, 15) is 4.79 Å². The second-order valence-corrected chi connectivity index (χ2v) is 7.14. The fourth-order valence-electron chi connectivity index (χ4n) is 3.51. The van der Waals surface area contributed by atoms with Crippen LogP contribution in [0.4, 0.5) is 0 Å². The first kappa shape index (κ1) is 18.9. The molecule has 3 heteroatoms. The number of unbranched alkanes of at least 4 members (excludes halogenated alkanes) is 1. The van der Waals surface area contributed by atoms with Crippen LogP contribution in [0.3, 0.4) is 0 Å². The molecule has 0 spiro atoms. The number of carbonyl (C=O) groups is 1. The normalized spacial score (nSPS) is 10.8. The summed E-state index contributed by atoms with van der Waals surface area (Å²) in [5.41, 5.74) is 5.06. The molecule has 0 bridgehead atoms. The third-order valence-electron chi connectivity index (χ3n) is 5.03. The Labute approximate surface area is 171 Å². The van der Waals surface area contributed by atoms with Crippen LogP contribution < -0.4 is 0 Å². The van der Waals surface area contributed by atoms with E-state index in [4.69, 9.17) is 4.98 Å². The van der Waals surface area contributed by atoms with Crippen molar-refractivity contribution in [1.29, 1.82) is 0 Å². The SMILES string of the molecule is O=C(CCCCc1nc(-c2ccccc2)c(-c2ccccc2)[nH]1)c1ccccc1. The number of Topliss-reactive ketones (excluding diaryl/α,β-unsaturated/α-hetero) is 1. The van der Waals surface area contributed by atoms with Gasteiger partial charge in [0.1, 0.15) is 5.82 Å². The number of hydrogen-bond acceptors (Lipinski definition) is 2. The molecule has 0 aliphatic carbocycles. The van der Waals surface area contributed by atoms with E-state index < -0.39 is 0 Å². The molecule has 0 unspecified atom stereocenters. The van der Waals surface area contributed by atoms with Crippen molar-refractivity contribution in [2.24, 2.45) is 0 Å². The van der Waals surface area contributed by atoms with Crippen molar-refractivity contribution in [3.8, 4) is 22.5 Å². The summed E-state index contributed by atoms with van der Waals surface area (Å²) in [5.74, 6) is 1.18. The van der Waals surface area contributed by atoms with Crippen molar-refractivity contribution in [1.82, 2.24) is 9.97 Å². The van der Waals surface area contributed by atoms with Crippen LogP contribution in [0.1, 0.15) is 35.4 Å². The minimum absolute atomic E-state index is 0.208. The van der Waals surface area contributed by atoms with Crippen LogP contribution in [0.2, 0.25) is 0 Å². The highest BCUT2D eigenvalue weighted by Crippen LogP contribution is 2.30. The molecule has 1 aromatic heterocycles. The number of benzene rings is 3. The Morgan fingerprint density at radius 1 is 0.724 bits per heavy atom. The number of aromatic amines is 1. The standard InChI is InChI=1S/C26H24N2O/c29-23(20-12-4-1-5-13-20)18-10-11-19-24-27-25(21-14-6-2-7-15-21)26(28-24)22-16-8-3-9-17-22/h1-9,12-17H,10-11,18-19H2,(H,27,28). The van der Waals surface area contributed by atoms with Gasteiger partial charge in [0.05, 0.1) is 11.4 Å². The van der Waals surface area contributed by atoms with Gasteiger partial charge in [-0.1, -0.05) is 91.0 Å². The molecule has 4 rings (SSSR count). The van der Waals surface area contributed by atoms with E-state index >= 15 is 0 Å². The molecular formula is C26H24N2O. The number of imidazole rings is 1. The number of hydrogen-bond donors (Lipinski definition) is 1. The smallest absolute Gasteiger partial charge is 0.162 e. The summed E-state index contributed by atoms with van der Waals surface area (Å²) >= 11 is 0. The molecule has 0 aliphatic rings. The van der Waals surface area contributed by atoms with Crippen LogP contribution in [-0.2, 0) is 6.42 Å². The molecular weight excluding hydrogens is 356 g/mol. The van der Waals surface area contributed by atoms with Crippen molar-refractivity contribution in [3.63, 3.8) is 0 Å². The second-order valence-electron chi connectivity index (χ2n) is 7.14. The first-order chi connectivity index (χ1) is 14.3. The largest absolute Gasteiger partial charge is 0.341 e. The summed E-state index contributed by atoms with van der Waals surface area (Å²) in [5, 5.41) is 0. The number of aryl methyl sites for hydroxylation is 1. The number of nitrogens with zero attached hydrogens (tertiary/aromatic N) is 1. The average Bonchev–Trinajstić information content (AvgIpc) is 3.23. The van der Waals surface area contributed by atoms with Gasteiger partial charge in [-0.2, -0.15) is 0 Å². The zero-order valence-electron chi connectivity index (χ0n) is 16.3. The number of aromatic nitrogens is 2. The van der Waals surface area contributed by atoms with Crippen LogP contribution in [-0.4, -0.2) is 15.8 Å². The monoisotopic (exact) mass is 380 g/mol. The van der Waals surface area contributed by atoms with Gasteiger partial charge >= 0.3 is 0 Å². The molecule has 3 aromatic carbocycles. The Balaban J connectivity index is 1.46. The van der Waals surface area contributed by atoms with Crippen molar-refractivity contribution < 1.29 is 4.79 Å². The van der Waals surface area contributed by atoms with Gasteiger partial charge in [-0.3, -0.25) is 4.79 Å². The van der Waals surface area contributed by atoms with Gasteiger partial charge in [0.25, 0.3) is 0 Å². The van der Waals surface area contributed by atoms with Gasteiger partial charge in [0.15, 0.2) is 5.78 Å². The van der Waals surface area contributed by atoms with Gasteiger partial charge in [-0.05, 0) is 12.8 Å². The maximum atomic E-state index is 12.3. The quantitative estimate of drug-likeness (QED) is 0.286. The number of ketones is 1. The molecule has 0 radical (unpaired) electrons. The van der Waals surface area contributed by atoms with Crippen LogP contribution in [0.25, 0.3) is 22.5 Å². The molecule has 29 heavy (non-hydrogen) atoms. The van der Waals surface area contributed by atoms with Gasteiger partial charge in [0.2, 0.25) is 0 Å². The highest BCUT2D eigenvalue weighted by molar-refractivity contribution is 5.95. The van der Waals surface area contributed by atoms with Gasteiger partial charge in [-0.25, -0.2) is 4.98 Å².